The number of halogens is 1. The number of carbonyl (C=O) groups excluding carboxylic acids is 2. The highest BCUT2D eigenvalue weighted by molar-refractivity contribution is 7.92. The molecule has 0 aliphatic heterocycles. The van der Waals surface area contributed by atoms with Crippen LogP contribution in [-0.4, -0.2) is 41.0 Å². The Balaban J connectivity index is 1.97. The van der Waals surface area contributed by atoms with Gasteiger partial charge in [-0.15, -0.1) is 0 Å². The van der Waals surface area contributed by atoms with Crippen molar-refractivity contribution in [1.82, 2.24) is 0 Å². The van der Waals surface area contributed by atoms with E-state index in [1.54, 1.807) is 12.1 Å². The largest absolute Gasteiger partial charge is 0.493 e. The molecule has 0 saturated heterocycles. The number of methoxy groups -OCH3 is 2. The van der Waals surface area contributed by atoms with Crippen LogP contribution in [0.15, 0.2) is 71.6 Å². The normalized spacial score (nSPS) is 10.9. The van der Waals surface area contributed by atoms with Crippen LogP contribution in [0.3, 0.4) is 0 Å². The number of benzene rings is 3. The van der Waals surface area contributed by atoms with Gasteiger partial charge in [-0.3, -0.25) is 13.9 Å². The zero-order chi connectivity index (χ0) is 24.9. The molecule has 0 radical (unpaired) electrons. The van der Waals surface area contributed by atoms with E-state index in [0.29, 0.717) is 16.5 Å². The highest BCUT2D eigenvalue weighted by Gasteiger charge is 2.28. The van der Waals surface area contributed by atoms with Crippen LogP contribution in [0, 0.1) is 0 Å². The lowest BCUT2D eigenvalue weighted by Crippen LogP contribution is -2.38. The van der Waals surface area contributed by atoms with Crippen LogP contribution in [-0.2, 0) is 14.8 Å². The van der Waals surface area contributed by atoms with Crippen LogP contribution in [0.2, 0.25) is 5.02 Å². The number of nitrogens with two attached hydrogens (primary N) is 1. The number of anilines is 2. The van der Waals surface area contributed by atoms with E-state index in [0.717, 1.165) is 4.31 Å². The summed E-state index contributed by atoms with van der Waals surface area (Å²) in [6.45, 7) is -0.556. The Bertz CT molecular complexity index is 1310. The van der Waals surface area contributed by atoms with Gasteiger partial charge in [-0.05, 0) is 54.6 Å². The lowest BCUT2D eigenvalue weighted by atomic mass is 10.2. The Hall–Kier alpha value is -3.76. The van der Waals surface area contributed by atoms with E-state index in [9.17, 15) is 18.0 Å². The van der Waals surface area contributed by atoms with Gasteiger partial charge in [-0.1, -0.05) is 17.7 Å². The minimum Gasteiger partial charge on any atom is -0.493 e. The van der Waals surface area contributed by atoms with Crippen LogP contribution in [0.25, 0.3) is 0 Å². The molecule has 0 unspecified atom stereocenters. The molecule has 0 bridgehead atoms. The van der Waals surface area contributed by atoms with Gasteiger partial charge in [0, 0.05) is 22.3 Å². The summed E-state index contributed by atoms with van der Waals surface area (Å²) in [6, 6.07) is 16.1. The third kappa shape index (κ3) is 5.59. The molecule has 0 aromatic heterocycles. The number of amides is 2. The van der Waals surface area contributed by atoms with E-state index in [1.165, 1.54) is 68.8 Å². The van der Waals surface area contributed by atoms with Crippen molar-refractivity contribution >= 4 is 44.8 Å². The summed E-state index contributed by atoms with van der Waals surface area (Å²) >= 11 is 5.96. The zero-order valence-corrected chi connectivity index (χ0v) is 19.9. The molecule has 178 valence electrons. The Morgan fingerprint density at radius 2 is 1.65 bits per heavy atom. The number of carbonyl (C=O) groups is 2. The smallest absolute Gasteiger partial charge is 0.264 e. The van der Waals surface area contributed by atoms with Gasteiger partial charge in [0.1, 0.15) is 6.54 Å². The monoisotopic (exact) mass is 503 g/mol. The lowest BCUT2D eigenvalue weighted by Gasteiger charge is -2.24. The first-order chi connectivity index (χ1) is 16.1. The Morgan fingerprint density at radius 1 is 0.971 bits per heavy atom. The Kier molecular flexibility index (Phi) is 7.64. The molecule has 0 spiro atoms. The van der Waals surface area contributed by atoms with Crippen LogP contribution in [0.5, 0.6) is 11.5 Å². The average molecular weight is 504 g/mol. The fourth-order valence-corrected chi connectivity index (χ4v) is 4.67. The number of nitrogens with one attached hydrogen (secondary N) is 1. The molecule has 2 amide bonds. The molecule has 3 aromatic carbocycles. The van der Waals surface area contributed by atoms with Gasteiger partial charge in [0.15, 0.2) is 11.5 Å². The molecular weight excluding hydrogens is 482 g/mol. The van der Waals surface area contributed by atoms with Crippen molar-refractivity contribution in [3.63, 3.8) is 0 Å². The standard InChI is InChI=1S/C23H22ClN3O6S/c1-32-20-11-10-19(13-21(20)33-2)34(30,31)27(18-8-6-16(24)7-9-18)14-22(28)26-17-5-3-4-15(12-17)23(25)29/h3-13H,14H2,1-2H3,(H2,25,29)(H,26,28). The molecule has 0 aliphatic carbocycles. The topological polar surface area (TPSA) is 128 Å². The quantitative estimate of drug-likeness (QED) is 0.461. The maximum absolute atomic E-state index is 13.6. The summed E-state index contributed by atoms with van der Waals surface area (Å²) in [7, 11) is -1.39. The van der Waals surface area contributed by atoms with Crippen LogP contribution >= 0.6 is 11.6 Å². The van der Waals surface area contributed by atoms with E-state index in [1.807, 2.05) is 0 Å². The summed E-state index contributed by atoms with van der Waals surface area (Å²) < 4.78 is 38.5. The number of primary amides is 1. The molecule has 0 atom stereocenters. The average Bonchev–Trinajstić information content (AvgIpc) is 2.82. The van der Waals surface area contributed by atoms with Crippen LogP contribution in [0.1, 0.15) is 10.4 Å². The fourth-order valence-electron chi connectivity index (χ4n) is 3.11. The molecule has 0 saturated carbocycles. The predicted molar refractivity (Wildman–Crippen MR) is 129 cm³/mol. The van der Waals surface area contributed by atoms with Gasteiger partial charge in [-0.25, -0.2) is 8.42 Å². The van der Waals surface area contributed by atoms with Crippen molar-refractivity contribution in [2.75, 3.05) is 30.4 Å². The molecule has 0 aliphatic rings. The molecule has 11 heteroatoms. The molecule has 3 N–H and O–H groups in total. The first-order valence-electron chi connectivity index (χ1n) is 9.85. The Morgan fingerprint density at radius 3 is 2.26 bits per heavy atom. The molecule has 34 heavy (non-hydrogen) atoms. The zero-order valence-electron chi connectivity index (χ0n) is 18.3. The number of hydrogen-bond donors (Lipinski definition) is 2. The molecule has 3 rings (SSSR count). The second-order valence-electron chi connectivity index (χ2n) is 7.00. The third-order valence-electron chi connectivity index (χ3n) is 4.78. The SMILES string of the molecule is COc1ccc(S(=O)(=O)N(CC(=O)Nc2cccc(C(N)=O)c2)c2ccc(Cl)cc2)cc1OC. The van der Waals surface area contributed by atoms with Crippen LogP contribution in [0.4, 0.5) is 11.4 Å². The molecular formula is C23H22ClN3O6S. The minimum absolute atomic E-state index is 0.108. The third-order valence-corrected chi connectivity index (χ3v) is 6.80. The first-order valence-corrected chi connectivity index (χ1v) is 11.7. The van der Waals surface area contributed by atoms with Crippen molar-refractivity contribution < 1.29 is 27.5 Å². The Labute approximate surface area is 202 Å². The fraction of sp³-hybridized carbons (Fsp3) is 0.130. The van der Waals surface area contributed by atoms with Gasteiger partial charge < -0.3 is 20.5 Å². The van der Waals surface area contributed by atoms with Crippen LogP contribution < -0.4 is 24.8 Å². The van der Waals surface area contributed by atoms with E-state index in [4.69, 9.17) is 26.8 Å². The van der Waals surface area contributed by atoms with Crippen molar-refractivity contribution in [3.05, 3.63) is 77.3 Å². The van der Waals surface area contributed by atoms with Crippen molar-refractivity contribution in [2.24, 2.45) is 5.73 Å². The van der Waals surface area contributed by atoms with Crippen molar-refractivity contribution in [1.29, 1.82) is 0 Å². The van der Waals surface area contributed by atoms with Gasteiger partial charge in [0.25, 0.3) is 10.0 Å². The number of hydrogen-bond acceptors (Lipinski definition) is 6. The predicted octanol–water partition coefficient (Wildman–Crippen LogP) is 3.29. The summed E-state index contributed by atoms with van der Waals surface area (Å²) in [5.74, 6) is -0.727. The maximum atomic E-state index is 13.6. The highest BCUT2D eigenvalue weighted by Crippen LogP contribution is 2.32. The summed E-state index contributed by atoms with van der Waals surface area (Å²) in [5.41, 5.74) is 5.99. The van der Waals surface area contributed by atoms with Crippen molar-refractivity contribution in [2.45, 2.75) is 4.90 Å². The number of ether oxygens (including phenoxy) is 2. The number of nitrogens with zero attached hydrogens (tertiary/aromatic N) is 1. The molecule has 3 aromatic rings. The second kappa shape index (κ2) is 10.4. The second-order valence-corrected chi connectivity index (χ2v) is 9.30. The lowest BCUT2D eigenvalue weighted by molar-refractivity contribution is -0.114. The van der Waals surface area contributed by atoms with Gasteiger partial charge in [-0.2, -0.15) is 0 Å². The molecule has 9 nitrogen and oxygen atoms in total. The van der Waals surface area contributed by atoms with E-state index in [-0.39, 0.29) is 21.9 Å². The highest BCUT2D eigenvalue weighted by atomic mass is 35.5. The summed E-state index contributed by atoms with van der Waals surface area (Å²) in [4.78, 5) is 24.1. The van der Waals surface area contributed by atoms with E-state index < -0.39 is 28.4 Å². The summed E-state index contributed by atoms with van der Waals surface area (Å²) in [6.07, 6.45) is 0. The van der Waals surface area contributed by atoms with Crippen molar-refractivity contribution in [3.8, 4) is 11.5 Å². The van der Waals surface area contributed by atoms with Gasteiger partial charge >= 0.3 is 0 Å². The minimum atomic E-state index is -4.21. The van der Waals surface area contributed by atoms with Gasteiger partial charge in [0.2, 0.25) is 11.8 Å². The van der Waals surface area contributed by atoms with Gasteiger partial charge in [0.05, 0.1) is 24.8 Å². The first kappa shape index (κ1) is 24.9. The molecule has 0 fully saturated rings. The maximum Gasteiger partial charge on any atom is 0.264 e. The van der Waals surface area contributed by atoms with E-state index in [2.05, 4.69) is 5.32 Å². The van der Waals surface area contributed by atoms with E-state index >= 15 is 0 Å². The number of rotatable bonds is 9. The molecule has 0 heterocycles. The summed E-state index contributed by atoms with van der Waals surface area (Å²) in [5, 5.41) is 2.99. The number of sulfonamides is 1.